The maximum Gasteiger partial charge on any atom is 0.233 e. The van der Waals surface area contributed by atoms with Crippen LogP contribution in [0, 0.1) is 0 Å². The molecule has 0 radical (unpaired) electrons. The smallest absolute Gasteiger partial charge is 0.233 e. The second-order valence-corrected chi connectivity index (χ2v) is 11.9. The molecule has 7 nitrogen and oxygen atoms in total. The monoisotopic (exact) mass is 489 g/mol. The van der Waals surface area contributed by atoms with Crippen LogP contribution >= 0.6 is 11.3 Å². The van der Waals surface area contributed by atoms with Gasteiger partial charge in [-0.15, -0.1) is 0 Å². The van der Waals surface area contributed by atoms with Crippen molar-refractivity contribution in [1.82, 2.24) is 9.88 Å². The van der Waals surface area contributed by atoms with E-state index >= 15 is 0 Å². The molecule has 9 heteroatoms. The lowest BCUT2D eigenvalue weighted by Gasteiger charge is -2.21. The van der Waals surface area contributed by atoms with Gasteiger partial charge in [-0.3, -0.25) is 9.69 Å². The van der Waals surface area contributed by atoms with Crippen LogP contribution in [0.3, 0.4) is 0 Å². The number of benzene rings is 2. The average molecular weight is 490 g/mol. The van der Waals surface area contributed by atoms with Gasteiger partial charge in [-0.05, 0) is 70.7 Å². The Kier molecular flexibility index (Phi) is 8.10. The number of para-hydroxylation sites is 1. The number of sulfone groups is 1. The van der Waals surface area contributed by atoms with Gasteiger partial charge in [0.2, 0.25) is 5.91 Å². The molecule has 0 aliphatic rings. The fraction of sp³-hybridized carbons (Fsp3) is 0.417. The molecule has 2 aromatic carbocycles. The van der Waals surface area contributed by atoms with Crippen LogP contribution in [-0.2, 0) is 21.1 Å². The van der Waals surface area contributed by atoms with E-state index in [9.17, 15) is 13.2 Å². The van der Waals surface area contributed by atoms with Crippen LogP contribution in [0.4, 0.5) is 5.13 Å². The molecule has 1 amide bonds. The van der Waals surface area contributed by atoms with Crippen LogP contribution < -0.4 is 9.64 Å². The summed E-state index contributed by atoms with van der Waals surface area (Å²) in [5.41, 5.74) is 1.51. The van der Waals surface area contributed by atoms with Gasteiger partial charge in [0.1, 0.15) is 11.3 Å². The molecule has 33 heavy (non-hydrogen) atoms. The summed E-state index contributed by atoms with van der Waals surface area (Å²) in [7, 11) is 2.27. The number of ether oxygens (including phenoxy) is 1. The maximum absolute atomic E-state index is 13.3. The summed E-state index contributed by atoms with van der Waals surface area (Å²) in [6.07, 6.45) is 0.967. The first-order valence-electron chi connectivity index (χ1n) is 10.8. The first-order valence-corrected chi connectivity index (χ1v) is 13.2. The summed E-state index contributed by atoms with van der Waals surface area (Å²) in [5.74, 6) is 0.601. The minimum absolute atomic E-state index is 0.0776. The molecule has 3 aromatic rings. The highest BCUT2D eigenvalue weighted by Crippen LogP contribution is 2.34. The SMILES string of the molecule is COc1cccc2sc(N(CCCN(C)C)C(=O)Cc3ccc(S(=O)(=O)C(C)C)cc3)nc12. The molecule has 0 bridgehead atoms. The van der Waals surface area contributed by atoms with E-state index in [1.54, 1.807) is 50.1 Å². The summed E-state index contributed by atoms with van der Waals surface area (Å²) in [5, 5.41) is 0.144. The van der Waals surface area contributed by atoms with Gasteiger partial charge in [0.05, 0.1) is 28.4 Å². The van der Waals surface area contributed by atoms with E-state index in [1.165, 1.54) is 11.3 Å². The Balaban J connectivity index is 1.86. The van der Waals surface area contributed by atoms with E-state index in [1.807, 2.05) is 32.3 Å². The molecular formula is C24H31N3O4S2. The Hall–Kier alpha value is -2.49. The summed E-state index contributed by atoms with van der Waals surface area (Å²) in [6.45, 7) is 4.70. The zero-order chi connectivity index (χ0) is 24.2. The fourth-order valence-corrected chi connectivity index (χ4v) is 5.49. The molecule has 0 spiro atoms. The Labute approximate surface area is 199 Å². The molecule has 0 aliphatic carbocycles. The van der Waals surface area contributed by atoms with Crippen molar-refractivity contribution >= 4 is 42.4 Å². The number of carbonyl (C=O) groups excluding carboxylic acids is 1. The van der Waals surface area contributed by atoms with E-state index in [2.05, 4.69) is 4.90 Å². The standard InChI is InChI=1S/C24H31N3O4S2/c1-17(2)33(29,30)19-12-10-18(11-13-19)16-22(28)27(15-7-14-26(3)4)24-25-23-20(31-5)8-6-9-21(23)32-24/h6,8-13,17H,7,14-16H2,1-5H3. The van der Waals surface area contributed by atoms with E-state index in [-0.39, 0.29) is 17.2 Å². The number of hydrogen-bond donors (Lipinski definition) is 0. The first kappa shape index (κ1) is 25.1. The minimum Gasteiger partial charge on any atom is -0.494 e. The van der Waals surface area contributed by atoms with Crippen molar-refractivity contribution in [3.8, 4) is 5.75 Å². The molecule has 0 saturated heterocycles. The van der Waals surface area contributed by atoms with Gasteiger partial charge in [-0.2, -0.15) is 0 Å². The molecule has 0 N–H and O–H groups in total. The molecule has 1 heterocycles. The number of hydrogen-bond acceptors (Lipinski definition) is 7. The van der Waals surface area contributed by atoms with Gasteiger partial charge in [0.25, 0.3) is 0 Å². The van der Waals surface area contributed by atoms with Gasteiger partial charge in [-0.1, -0.05) is 29.5 Å². The van der Waals surface area contributed by atoms with Crippen LogP contribution in [0.2, 0.25) is 0 Å². The zero-order valence-electron chi connectivity index (χ0n) is 19.7. The van der Waals surface area contributed by atoms with Crippen molar-refractivity contribution in [1.29, 1.82) is 0 Å². The third kappa shape index (κ3) is 5.90. The molecule has 1 aromatic heterocycles. The van der Waals surface area contributed by atoms with Crippen LogP contribution in [0.1, 0.15) is 25.8 Å². The van der Waals surface area contributed by atoms with Gasteiger partial charge in [0.15, 0.2) is 15.0 Å². The van der Waals surface area contributed by atoms with E-state index in [0.29, 0.717) is 17.4 Å². The van der Waals surface area contributed by atoms with Crippen LogP contribution in [-0.4, -0.2) is 63.8 Å². The summed E-state index contributed by atoms with van der Waals surface area (Å²) < 4.78 is 31.1. The highest BCUT2D eigenvalue weighted by Gasteiger charge is 2.22. The maximum atomic E-state index is 13.3. The van der Waals surface area contributed by atoms with Gasteiger partial charge in [-0.25, -0.2) is 13.4 Å². The first-order chi connectivity index (χ1) is 15.6. The van der Waals surface area contributed by atoms with Crippen molar-refractivity contribution in [3.05, 3.63) is 48.0 Å². The third-order valence-corrected chi connectivity index (χ3v) is 8.55. The lowest BCUT2D eigenvalue weighted by molar-refractivity contribution is -0.118. The van der Waals surface area contributed by atoms with Crippen molar-refractivity contribution in [3.63, 3.8) is 0 Å². The Morgan fingerprint density at radius 3 is 2.39 bits per heavy atom. The molecule has 3 rings (SSSR count). The van der Waals surface area contributed by atoms with E-state index < -0.39 is 15.1 Å². The second-order valence-electron chi connectivity index (χ2n) is 8.42. The number of amides is 1. The van der Waals surface area contributed by atoms with Crippen LogP contribution in [0.5, 0.6) is 5.75 Å². The van der Waals surface area contributed by atoms with Gasteiger partial charge < -0.3 is 9.64 Å². The summed E-state index contributed by atoms with van der Waals surface area (Å²) in [6, 6.07) is 12.3. The van der Waals surface area contributed by atoms with Crippen LogP contribution in [0.25, 0.3) is 10.2 Å². The average Bonchev–Trinajstić information content (AvgIpc) is 3.20. The van der Waals surface area contributed by atoms with Crippen molar-refractivity contribution in [2.24, 2.45) is 0 Å². The fourth-order valence-electron chi connectivity index (χ4n) is 3.40. The highest BCUT2D eigenvalue weighted by molar-refractivity contribution is 7.92. The topological polar surface area (TPSA) is 79.8 Å². The van der Waals surface area contributed by atoms with Gasteiger partial charge >= 0.3 is 0 Å². The number of carbonyl (C=O) groups is 1. The van der Waals surface area contributed by atoms with Crippen molar-refractivity contribution in [2.45, 2.75) is 36.8 Å². The Bertz CT molecular complexity index is 1200. The van der Waals surface area contributed by atoms with E-state index in [4.69, 9.17) is 9.72 Å². The zero-order valence-corrected chi connectivity index (χ0v) is 21.4. The molecule has 0 fully saturated rings. The largest absolute Gasteiger partial charge is 0.494 e. The number of rotatable bonds is 10. The number of nitrogens with zero attached hydrogens (tertiary/aromatic N) is 3. The van der Waals surface area contributed by atoms with Crippen molar-refractivity contribution < 1.29 is 17.9 Å². The predicted molar refractivity (Wildman–Crippen MR) is 134 cm³/mol. The lowest BCUT2D eigenvalue weighted by Crippen LogP contribution is -2.34. The van der Waals surface area contributed by atoms with E-state index in [0.717, 1.165) is 28.7 Å². The lowest BCUT2D eigenvalue weighted by atomic mass is 10.1. The number of fused-ring (bicyclic) bond motifs is 1. The molecule has 0 saturated carbocycles. The molecule has 178 valence electrons. The highest BCUT2D eigenvalue weighted by atomic mass is 32.2. The molecule has 0 unspecified atom stereocenters. The Morgan fingerprint density at radius 1 is 1.09 bits per heavy atom. The number of methoxy groups -OCH3 is 1. The number of anilines is 1. The minimum atomic E-state index is -3.34. The van der Waals surface area contributed by atoms with Crippen LogP contribution in [0.15, 0.2) is 47.4 Å². The second kappa shape index (κ2) is 10.6. The molecule has 0 atom stereocenters. The number of thiazole rings is 1. The normalized spacial score (nSPS) is 12.0. The summed E-state index contributed by atoms with van der Waals surface area (Å²) in [4.78, 5) is 22.1. The molecular weight excluding hydrogens is 458 g/mol. The Morgan fingerprint density at radius 2 is 1.79 bits per heavy atom. The van der Waals surface area contributed by atoms with Crippen molar-refractivity contribution in [2.75, 3.05) is 39.2 Å². The summed E-state index contributed by atoms with van der Waals surface area (Å²) >= 11 is 1.46. The number of aromatic nitrogens is 1. The quantitative estimate of drug-likeness (QED) is 0.428. The predicted octanol–water partition coefficient (Wildman–Crippen LogP) is 4.01. The third-order valence-electron chi connectivity index (χ3n) is 5.34. The molecule has 0 aliphatic heterocycles. The van der Waals surface area contributed by atoms with Gasteiger partial charge in [0, 0.05) is 6.54 Å².